The van der Waals surface area contributed by atoms with Gasteiger partial charge in [0.2, 0.25) is 0 Å². The Kier molecular flexibility index (Phi) is 4.99. The van der Waals surface area contributed by atoms with E-state index in [9.17, 15) is 0 Å². The van der Waals surface area contributed by atoms with Crippen LogP contribution in [0.3, 0.4) is 0 Å². The molecule has 0 spiro atoms. The maximum atomic E-state index is 5.77. The molecule has 1 heterocycles. The average Bonchev–Trinajstić information content (AvgIpc) is 2.81. The van der Waals surface area contributed by atoms with Crippen LogP contribution in [0.15, 0.2) is 35.1 Å². The molecule has 19 heavy (non-hydrogen) atoms. The predicted molar refractivity (Wildman–Crippen MR) is 79.1 cm³/mol. The summed E-state index contributed by atoms with van der Waals surface area (Å²) in [5, 5.41) is 3.30. The molecule has 102 valence electrons. The molecule has 1 N–H and O–H groups in total. The highest BCUT2D eigenvalue weighted by Crippen LogP contribution is 2.26. The van der Waals surface area contributed by atoms with E-state index in [1.54, 1.807) is 6.20 Å². The number of hydrogen-bond donors (Lipinski definition) is 1. The molecule has 4 nitrogen and oxygen atoms in total. The summed E-state index contributed by atoms with van der Waals surface area (Å²) in [6.45, 7) is 4.40. The van der Waals surface area contributed by atoms with Gasteiger partial charge in [0, 0.05) is 26.0 Å². The fourth-order valence-corrected chi connectivity index (χ4v) is 2.26. The van der Waals surface area contributed by atoms with Crippen LogP contribution < -0.4 is 10.1 Å². The van der Waals surface area contributed by atoms with E-state index < -0.39 is 0 Å². The highest BCUT2D eigenvalue weighted by atomic mass is 79.9. The Morgan fingerprint density at radius 1 is 1.42 bits per heavy atom. The summed E-state index contributed by atoms with van der Waals surface area (Å²) in [5.41, 5.74) is 1.23. The van der Waals surface area contributed by atoms with Crippen LogP contribution in [0.2, 0.25) is 0 Å². The van der Waals surface area contributed by atoms with E-state index in [-0.39, 0.29) is 0 Å². The van der Waals surface area contributed by atoms with Gasteiger partial charge in [0.1, 0.15) is 18.2 Å². The minimum Gasteiger partial charge on any atom is -0.485 e. The van der Waals surface area contributed by atoms with Gasteiger partial charge in [0.15, 0.2) is 0 Å². The number of benzene rings is 1. The quantitative estimate of drug-likeness (QED) is 0.888. The lowest BCUT2D eigenvalue weighted by Gasteiger charge is -2.10. The number of nitrogens with zero attached hydrogens (tertiary/aromatic N) is 2. The average molecular weight is 324 g/mol. The van der Waals surface area contributed by atoms with E-state index in [4.69, 9.17) is 4.74 Å². The number of imidazole rings is 1. The predicted octanol–water partition coefficient (Wildman–Crippen LogP) is 2.87. The highest BCUT2D eigenvalue weighted by molar-refractivity contribution is 9.10. The summed E-state index contributed by atoms with van der Waals surface area (Å²) < 4.78 is 8.69. The van der Waals surface area contributed by atoms with Crippen LogP contribution in [0.1, 0.15) is 18.3 Å². The summed E-state index contributed by atoms with van der Waals surface area (Å²) in [5.74, 6) is 1.74. The first kappa shape index (κ1) is 14.1. The second kappa shape index (κ2) is 6.73. The van der Waals surface area contributed by atoms with Crippen LogP contribution in [0.5, 0.6) is 5.75 Å². The molecule has 2 aromatic rings. The maximum absolute atomic E-state index is 5.77. The number of hydrogen-bond acceptors (Lipinski definition) is 3. The molecule has 0 saturated heterocycles. The Labute approximate surface area is 121 Å². The second-order valence-electron chi connectivity index (χ2n) is 4.29. The van der Waals surface area contributed by atoms with Crippen molar-refractivity contribution in [2.24, 2.45) is 7.05 Å². The van der Waals surface area contributed by atoms with Crippen molar-refractivity contribution in [3.63, 3.8) is 0 Å². The molecular formula is C14H18BrN3O. The van der Waals surface area contributed by atoms with Gasteiger partial charge in [-0.15, -0.1) is 0 Å². The number of aromatic nitrogens is 2. The fourth-order valence-electron chi connectivity index (χ4n) is 1.72. The normalized spacial score (nSPS) is 10.7. The Hall–Kier alpha value is -1.33. The molecule has 0 saturated carbocycles. The first-order valence-electron chi connectivity index (χ1n) is 6.29. The van der Waals surface area contributed by atoms with E-state index in [1.807, 2.05) is 23.9 Å². The third-order valence-electron chi connectivity index (χ3n) is 2.85. The molecule has 1 aromatic heterocycles. The van der Waals surface area contributed by atoms with Crippen LogP contribution >= 0.6 is 15.9 Å². The van der Waals surface area contributed by atoms with E-state index >= 15 is 0 Å². The van der Waals surface area contributed by atoms with Crippen molar-refractivity contribution in [3.8, 4) is 5.75 Å². The Morgan fingerprint density at radius 3 is 2.89 bits per heavy atom. The zero-order valence-electron chi connectivity index (χ0n) is 11.2. The number of halogens is 1. The summed E-state index contributed by atoms with van der Waals surface area (Å²) in [6, 6.07) is 6.14. The minimum absolute atomic E-state index is 0.467. The lowest BCUT2D eigenvalue weighted by Crippen LogP contribution is -2.11. The van der Waals surface area contributed by atoms with Crippen LogP contribution in [0.25, 0.3) is 0 Å². The molecule has 0 aliphatic heterocycles. The van der Waals surface area contributed by atoms with Gasteiger partial charge >= 0.3 is 0 Å². The van der Waals surface area contributed by atoms with Crippen molar-refractivity contribution in [2.75, 3.05) is 6.54 Å². The van der Waals surface area contributed by atoms with E-state index in [0.717, 1.165) is 29.1 Å². The maximum Gasteiger partial charge on any atom is 0.146 e. The zero-order chi connectivity index (χ0) is 13.7. The highest BCUT2D eigenvalue weighted by Gasteiger charge is 2.05. The molecule has 2 rings (SSSR count). The molecule has 0 bridgehead atoms. The largest absolute Gasteiger partial charge is 0.485 e. The summed E-state index contributed by atoms with van der Waals surface area (Å²) in [7, 11) is 1.96. The van der Waals surface area contributed by atoms with Crippen molar-refractivity contribution >= 4 is 15.9 Å². The van der Waals surface area contributed by atoms with Crippen molar-refractivity contribution in [1.29, 1.82) is 0 Å². The van der Waals surface area contributed by atoms with Crippen molar-refractivity contribution in [1.82, 2.24) is 14.9 Å². The molecule has 0 fully saturated rings. The fraction of sp³-hybridized carbons (Fsp3) is 0.357. The monoisotopic (exact) mass is 323 g/mol. The third kappa shape index (κ3) is 3.81. The summed E-state index contributed by atoms with van der Waals surface area (Å²) >= 11 is 3.54. The van der Waals surface area contributed by atoms with Crippen LogP contribution in [-0.4, -0.2) is 16.1 Å². The standard InChI is InChI=1S/C14H18BrN3O/c1-3-16-9-11-4-5-13(12(15)8-11)19-10-14-17-6-7-18(14)2/h4-8,16H,3,9-10H2,1-2H3. The van der Waals surface area contributed by atoms with E-state index in [2.05, 4.69) is 45.3 Å². The molecule has 0 radical (unpaired) electrons. The molecule has 0 aliphatic rings. The SMILES string of the molecule is CCNCc1ccc(OCc2nccn2C)c(Br)c1. The summed E-state index contributed by atoms with van der Waals surface area (Å²) in [4.78, 5) is 4.23. The summed E-state index contributed by atoms with van der Waals surface area (Å²) in [6.07, 6.45) is 3.68. The molecule has 5 heteroatoms. The molecular weight excluding hydrogens is 306 g/mol. The molecule has 0 unspecified atom stereocenters. The molecule has 1 aromatic carbocycles. The Morgan fingerprint density at radius 2 is 2.26 bits per heavy atom. The lowest BCUT2D eigenvalue weighted by molar-refractivity contribution is 0.290. The number of rotatable bonds is 6. The first-order valence-corrected chi connectivity index (χ1v) is 7.08. The van der Waals surface area contributed by atoms with Gasteiger partial charge in [-0.05, 0) is 40.2 Å². The topological polar surface area (TPSA) is 39.1 Å². The van der Waals surface area contributed by atoms with Crippen LogP contribution in [0, 0.1) is 0 Å². The Balaban J connectivity index is 1.99. The van der Waals surface area contributed by atoms with Gasteiger partial charge in [-0.3, -0.25) is 0 Å². The molecule has 0 aliphatic carbocycles. The zero-order valence-corrected chi connectivity index (χ0v) is 12.8. The van der Waals surface area contributed by atoms with Gasteiger partial charge in [-0.1, -0.05) is 13.0 Å². The van der Waals surface area contributed by atoms with Crippen LogP contribution in [0.4, 0.5) is 0 Å². The van der Waals surface area contributed by atoms with Crippen LogP contribution in [-0.2, 0) is 20.2 Å². The number of aryl methyl sites for hydroxylation is 1. The van der Waals surface area contributed by atoms with Gasteiger partial charge < -0.3 is 14.6 Å². The smallest absolute Gasteiger partial charge is 0.146 e. The molecule has 0 amide bonds. The number of nitrogens with one attached hydrogen (secondary N) is 1. The third-order valence-corrected chi connectivity index (χ3v) is 3.47. The van der Waals surface area contributed by atoms with E-state index in [0.29, 0.717) is 6.61 Å². The van der Waals surface area contributed by atoms with Gasteiger partial charge in [-0.25, -0.2) is 4.98 Å². The van der Waals surface area contributed by atoms with Gasteiger partial charge in [0.25, 0.3) is 0 Å². The second-order valence-corrected chi connectivity index (χ2v) is 5.14. The van der Waals surface area contributed by atoms with Crippen molar-refractivity contribution in [2.45, 2.75) is 20.1 Å². The lowest BCUT2D eigenvalue weighted by atomic mass is 10.2. The first-order chi connectivity index (χ1) is 9.20. The number of ether oxygens (including phenoxy) is 1. The Bertz CT molecular complexity index is 539. The van der Waals surface area contributed by atoms with Gasteiger partial charge in [-0.2, -0.15) is 0 Å². The van der Waals surface area contributed by atoms with Crippen molar-refractivity contribution < 1.29 is 4.74 Å². The minimum atomic E-state index is 0.467. The van der Waals surface area contributed by atoms with E-state index in [1.165, 1.54) is 5.56 Å². The van der Waals surface area contributed by atoms with Gasteiger partial charge in [0.05, 0.1) is 4.47 Å². The van der Waals surface area contributed by atoms with Crippen molar-refractivity contribution in [3.05, 3.63) is 46.5 Å². The molecule has 0 atom stereocenters.